The molecule has 0 spiro atoms. The van der Waals surface area contributed by atoms with E-state index in [0.717, 1.165) is 6.92 Å². The molecule has 0 N–H and O–H groups in total. The number of aromatic nitrogens is 1. The van der Waals surface area contributed by atoms with Crippen molar-refractivity contribution in [2.45, 2.75) is 32.9 Å². The normalized spacial score (nSPS) is 11.8. The van der Waals surface area contributed by atoms with Crippen LogP contribution in [0.2, 0.25) is 0 Å². The number of ether oxygens (including phenoxy) is 1. The summed E-state index contributed by atoms with van der Waals surface area (Å²) < 4.78 is 68.3. The van der Waals surface area contributed by atoms with Crippen LogP contribution in [0.5, 0.6) is 0 Å². The summed E-state index contributed by atoms with van der Waals surface area (Å²) in [6.07, 6.45) is -8.55. The van der Waals surface area contributed by atoms with Gasteiger partial charge in [0.15, 0.2) is 0 Å². The zero-order valence-electron chi connectivity index (χ0n) is 10.7. The highest BCUT2D eigenvalue weighted by molar-refractivity contribution is 5.73. The summed E-state index contributed by atoms with van der Waals surface area (Å²) in [5.74, 6) is -0.927. The first-order valence-electron chi connectivity index (χ1n) is 5.68. The third kappa shape index (κ3) is 3.88. The van der Waals surface area contributed by atoms with E-state index in [4.69, 9.17) is 0 Å². The summed E-state index contributed by atoms with van der Waals surface area (Å²) in [5.41, 5.74) is -3.00. The molecular formula is C12H12F5NO2. The SMILES string of the molecule is CCOC(=O)Cc1cc(C(F)F)c(C)nc1C(F)(F)F. The Labute approximate surface area is 111 Å². The molecule has 0 saturated heterocycles. The number of hydrogen-bond donors (Lipinski definition) is 0. The van der Waals surface area contributed by atoms with Gasteiger partial charge in [-0.25, -0.2) is 13.8 Å². The van der Waals surface area contributed by atoms with Crippen LogP contribution in [0.15, 0.2) is 6.07 Å². The molecule has 112 valence electrons. The van der Waals surface area contributed by atoms with Gasteiger partial charge in [-0.15, -0.1) is 0 Å². The van der Waals surface area contributed by atoms with Gasteiger partial charge in [0.2, 0.25) is 0 Å². The van der Waals surface area contributed by atoms with Gasteiger partial charge in [-0.3, -0.25) is 4.79 Å². The second kappa shape index (κ2) is 6.15. The molecule has 0 aromatic carbocycles. The van der Waals surface area contributed by atoms with Crippen molar-refractivity contribution in [3.05, 3.63) is 28.6 Å². The van der Waals surface area contributed by atoms with Gasteiger partial charge in [0.05, 0.1) is 13.0 Å². The zero-order valence-corrected chi connectivity index (χ0v) is 10.7. The van der Waals surface area contributed by atoms with Crippen LogP contribution < -0.4 is 0 Å². The minimum absolute atomic E-state index is 0.0127. The molecule has 8 heteroatoms. The van der Waals surface area contributed by atoms with Gasteiger partial charge in [0, 0.05) is 11.3 Å². The molecule has 0 unspecified atom stereocenters. The standard InChI is InChI=1S/C12H12F5NO2/c1-3-20-9(19)5-7-4-8(11(13)14)6(2)18-10(7)12(15,16)17/h4,11H,3,5H2,1-2H3. The number of aryl methyl sites for hydroxylation is 1. The summed E-state index contributed by atoms with van der Waals surface area (Å²) in [4.78, 5) is 14.4. The predicted molar refractivity (Wildman–Crippen MR) is 59.3 cm³/mol. The number of nitrogens with zero attached hydrogens (tertiary/aromatic N) is 1. The maximum Gasteiger partial charge on any atom is 0.433 e. The topological polar surface area (TPSA) is 39.2 Å². The fourth-order valence-corrected chi connectivity index (χ4v) is 1.63. The molecule has 1 aromatic heterocycles. The van der Waals surface area contributed by atoms with Gasteiger partial charge in [-0.05, 0) is 25.5 Å². The van der Waals surface area contributed by atoms with Crippen LogP contribution >= 0.6 is 0 Å². The molecule has 0 saturated carbocycles. The molecule has 0 fully saturated rings. The lowest BCUT2D eigenvalue weighted by molar-refractivity contribution is -0.144. The van der Waals surface area contributed by atoms with E-state index in [0.29, 0.717) is 6.07 Å². The highest BCUT2D eigenvalue weighted by Gasteiger charge is 2.37. The molecule has 0 bridgehead atoms. The van der Waals surface area contributed by atoms with E-state index >= 15 is 0 Å². The molecular weight excluding hydrogens is 285 g/mol. The van der Waals surface area contributed by atoms with Crippen molar-refractivity contribution in [1.82, 2.24) is 4.98 Å². The number of pyridine rings is 1. The molecule has 0 aliphatic heterocycles. The van der Waals surface area contributed by atoms with Crippen LogP contribution in [0.3, 0.4) is 0 Å². The average molecular weight is 297 g/mol. The van der Waals surface area contributed by atoms with Crippen molar-refractivity contribution >= 4 is 5.97 Å². The Balaban J connectivity index is 3.29. The second-order valence-corrected chi connectivity index (χ2v) is 3.95. The number of alkyl halides is 5. The van der Waals surface area contributed by atoms with E-state index in [9.17, 15) is 26.7 Å². The maximum absolute atomic E-state index is 12.8. The Morgan fingerprint density at radius 3 is 2.45 bits per heavy atom. The van der Waals surface area contributed by atoms with Crippen molar-refractivity contribution in [2.75, 3.05) is 6.61 Å². The molecule has 1 rings (SSSR count). The van der Waals surface area contributed by atoms with Gasteiger partial charge in [-0.2, -0.15) is 13.2 Å². The summed E-state index contributed by atoms with van der Waals surface area (Å²) in [6.45, 7) is 2.53. The number of halogens is 5. The number of rotatable bonds is 4. The predicted octanol–water partition coefficient (Wildman–Crippen LogP) is 3.45. The monoisotopic (exact) mass is 297 g/mol. The smallest absolute Gasteiger partial charge is 0.433 e. The van der Waals surface area contributed by atoms with Crippen LogP contribution in [0.4, 0.5) is 22.0 Å². The molecule has 1 aromatic rings. The van der Waals surface area contributed by atoms with E-state index in [1.807, 2.05) is 0 Å². The van der Waals surface area contributed by atoms with Gasteiger partial charge in [0.25, 0.3) is 6.43 Å². The van der Waals surface area contributed by atoms with E-state index in [1.165, 1.54) is 6.92 Å². The molecule has 0 atom stereocenters. The Bertz CT molecular complexity index is 499. The lowest BCUT2D eigenvalue weighted by Crippen LogP contribution is -2.18. The van der Waals surface area contributed by atoms with Gasteiger partial charge < -0.3 is 4.74 Å². The minimum atomic E-state index is -4.83. The zero-order chi connectivity index (χ0) is 15.5. The van der Waals surface area contributed by atoms with E-state index in [2.05, 4.69) is 9.72 Å². The lowest BCUT2D eigenvalue weighted by Gasteiger charge is -2.15. The van der Waals surface area contributed by atoms with Crippen LogP contribution in [0.1, 0.15) is 35.9 Å². The first-order valence-corrected chi connectivity index (χ1v) is 5.68. The van der Waals surface area contributed by atoms with Crippen molar-refractivity contribution in [2.24, 2.45) is 0 Å². The number of esters is 1. The van der Waals surface area contributed by atoms with Crippen LogP contribution in [0, 0.1) is 6.92 Å². The van der Waals surface area contributed by atoms with Crippen LogP contribution in [-0.4, -0.2) is 17.6 Å². The number of carbonyl (C=O) groups excluding carboxylic acids is 1. The number of carbonyl (C=O) groups is 1. The Hall–Kier alpha value is -1.73. The van der Waals surface area contributed by atoms with Crippen molar-refractivity contribution in [3.63, 3.8) is 0 Å². The first kappa shape index (κ1) is 16.3. The van der Waals surface area contributed by atoms with Crippen LogP contribution in [-0.2, 0) is 22.1 Å². The molecule has 0 aliphatic rings. The van der Waals surface area contributed by atoms with E-state index in [-0.39, 0.29) is 6.61 Å². The van der Waals surface area contributed by atoms with E-state index < -0.39 is 47.5 Å². The van der Waals surface area contributed by atoms with Gasteiger partial charge in [0.1, 0.15) is 5.69 Å². The molecule has 0 radical (unpaired) electrons. The van der Waals surface area contributed by atoms with Crippen molar-refractivity contribution in [3.8, 4) is 0 Å². The molecule has 1 heterocycles. The van der Waals surface area contributed by atoms with Crippen molar-refractivity contribution in [1.29, 1.82) is 0 Å². The Morgan fingerprint density at radius 2 is 2.00 bits per heavy atom. The highest BCUT2D eigenvalue weighted by atomic mass is 19.4. The molecule has 20 heavy (non-hydrogen) atoms. The maximum atomic E-state index is 12.8. The largest absolute Gasteiger partial charge is 0.466 e. The number of hydrogen-bond acceptors (Lipinski definition) is 3. The molecule has 0 amide bonds. The highest BCUT2D eigenvalue weighted by Crippen LogP contribution is 2.34. The summed E-state index contributed by atoms with van der Waals surface area (Å²) in [6, 6.07) is 0.659. The Morgan fingerprint density at radius 1 is 1.40 bits per heavy atom. The minimum Gasteiger partial charge on any atom is -0.466 e. The first-order chi connectivity index (χ1) is 9.16. The quantitative estimate of drug-likeness (QED) is 0.631. The average Bonchev–Trinajstić information content (AvgIpc) is 2.29. The van der Waals surface area contributed by atoms with Crippen LogP contribution in [0.25, 0.3) is 0 Å². The third-order valence-electron chi connectivity index (χ3n) is 2.47. The Kier molecular flexibility index (Phi) is 5.02. The summed E-state index contributed by atoms with van der Waals surface area (Å²) in [7, 11) is 0. The third-order valence-corrected chi connectivity index (χ3v) is 2.47. The molecule has 3 nitrogen and oxygen atoms in total. The van der Waals surface area contributed by atoms with E-state index in [1.54, 1.807) is 0 Å². The summed E-state index contributed by atoms with van der Waals surface area (Å²) in [5, 5.41) is 0. The van der Waals surface area contributed by atoms with Crippen molar-refractivity contribution < 1.29 is 31.5 Å². The second-order valence-electron chi connectivity index (χ2n) is 3.95. The lowest BCUT2D eigenvalue weighted by atomic mass is 10.0. The summed E-state index contributed by atoms with van der Waals surface area (Å²) >= 11 is 0. The fourth-order valence-electron chi connectivity index (χ4n) is 1.63. The van der Waals surface area contributed by atoms with Gasteiger partial charge in [-0.1, -0.05) is 0 Å². The molecule has 0 aliphatic carbocycles. The van der Waals surface area contributed by atoms with Gasteiger partial charge >= 0.3 is 12.1 Å². The fraction of sp³-hybridized carbons (Fsp3) is 0.500.